The number of aryl methyl sites for hydroxylation is 2. The molecule has 23 heavy (non-hydrogen) atoms. The molecule has 132 valence electrons. The average Bonchev–Trinajstić information content (AvgIpc) is 2.48. The van der Waals surface area contributed by atoms with Crippen LogP contribution in [0.25, 0.3) is 0 Å². The van der Waals surface area contributed by atoms with Gasteiger partial charge in [0, 0.05) is 33.4 Å². The van der Waals surface area contributed by atoms with Crippen molar-refractivity contribution in [1.29, 1.82) is 0 Å². The van der Waals surface area contributed by atoms with Crippen LogP contribution in [-0.4, -0.2) is 39.3 Å². The fourth-order valence-corrected chi connectivity index (χ4v) is 2.44. The van der Waals surface area contributed by atoms with Crippen molar-refractivity contribution in [1.82, 2.24) is 10.6 Å². The van der Waals surface area contributed by atoms with Crippen LogP contribution in [0, 0.1) is 13.8 Å². The van der Waals surface area contributed by atoms with E-state index in [1.807, 2.05) is 14.0 Å². The highest BCUT2D eigenvalue weighted by Crippen LogP contribution is 2.08. The van der Waals surface area contributed by atoms with Crippen LogP contribution in [-0.2, 0) is 11.2 Å². The number of benzene rings is 1. The van der Waals surface area contributed by atoms with Crippen molar-refractivity contribution in [3.8, 4) is 0 Å². The van der Waals surface area contributed by atoms with E-state index in [-0.39, 0.29) is 24.0 Å². The summed E-state index contributed by atoms with van der Waals surface area (Å²) in [7, 11) is 1.81. The van der Waals surface area contributed by atoms with Crippen LogP contribution >= 0.6 is 24.0 Å². The molecule has 0 bridgehead atoms. The van der Waals surface area contributed by atoms with E-state index in [9.17, 15) is 0 Å². The minimum atomic E-state index is 0. The van der Waals surface area contributed by atoms with E-state index in [1.165, 1.54) is 16.7 Å². The summed E-state index contributed by atoms with van der Waals surface area (Å²) in [6.07, 6.45) is 3.19. The first kappa shape index (κ1) is 22.2. The zero-order chi connectivity index (χ0) is 16.2. The van der Waals surface area contributed by atoms with E-state index in [0.717, 1.165) is 51.5 Å². The van der Waals surface area contributed by atoms with Crippen LogP contribution in [0.4, 0.5) is 0 Å². The van der Waals surface area contributed by atoms with Crippen LogP contribution in [0.15, 0.2) is 23.2 Å². The summed E-state index contributed by atoms with van der Waals surface area (Å²) in [6.45, 7) is 9.78. The van der Waals surface area contributed by atoms with E-state index in [4.69, 9.17) is 4.74 Å². The summed E-state index contributed by atoms with van der Waals surface area (Å²) < 4.78 is 5.33. The summed E-state index contributed by atoms with van der Waals surface area (Å²) in [6, 6.07) is 6.71. The first-order chi connectivity index (χ1) is 10.7. The number of ether oxygens (including phenoxy) is 1. The second-order valence-electron chi connectivity index (χ2n) is 5.58. The predicted molar refractivity (Wildman–Crippen MR) is 110 cm³/mol. The van der Waals surface area contributed by atoms with Crippen molar-refractivity contribution in [2.45, 2.75) is 40.0 Å². The molecule has 2 N–H and O–H groups in total. The number of aliphatic imine (C=N–C) groups is 1. The summed E-state index contributed by atoms with van der Waals surface area (Å²) in [4.78, 5) is 4.25. The molecule has 0 unspecified atom stereocenters. The second kappa shape index (κ2) is 13.6. The van der Waals surface area contributed by atoms with Crippen LogP contribution < -0.4 is 10.6 Å². The van der Waals surface area contributed by atoms with Gasteiger partial charge >= 0.3 is 0 Å². The Morgan fingerprint density at radius 1 is 1.04 bits per heavy atom. The van der Waals surface area contributed by atoms with Gasteiger partial charge in [-0.2, -0.15) is 0 Å². The molecule has 0 saturated heterocycles. The van der Waals surface area contributed by atoms with Crippen molar-refractivity contribution < 1.29 is 4.74 Å². The van der Waals surface area contributed by atoms with E-state index in [2.05, 4.69) is 47.7 Å². The van der Waals surface area contributed by atoms with E-state index >= 15 is 0 Å². The SMILES string of the molecule is CCOCCCCNC(=NC)NCCc1cc(C)cc(C)c1.I. The zero-order valence-corrected chi connectivity index (χ0v) is 17.3. The monoisotopic (exact) mass is 433 g/mol. The quantitative estimate of drug-likeness (QED) is 0.272. The molecule has 0 saturated carbocycles. The number of unbranched alkanes of at least 4 members (excludes halogenated alkanes) is 1. The van der Waals surface area contributed by atoms with Crippen molar-refractivity contribution in [3.05, 3.63) is 34.9 Å². The molecule has 0 aliphatic heterocycles. The Morgan fingerprint density at radius 3 is 2.30 bits per heavy atom. The van der Waals surface area contributed by atoms with Gasteiger partial charge in [-0.25, -0.2) is 0 Å². The minimum absolute atomic E-state index is 0. The number of hydrogen-bond donors (Lipinski definition) is 2. The van der Waals surface area contributed by atoms with Crippen molar-refractivity contribution in [2.24, 2.45) is 4.99 Å². The normalized spacial score (nSPS) is 11.0. The number of guanidine groups is 1. The third kappa shape index (κ3) is 10.5. The maximum absolute atomic E-state index is 5.33. The largest absolute Gasteiger partial charge is 0.382 e. The molecule has 0 fully saturated rings. The number of halogens is 1. The first-order valence-corrected chi connectivity index (χ1v) is 8.25. The number of nitrogens with one attached hydrogen (secondary N) is 2. The Bertz CT molecular complexity index is 443. The van der Waals surface area contributed by atoms with Gasteiger partial charge in [0.15, 0.2) is 5.96 Å². The second-order valence-corrected chi connectivity index (χ2v) is 5.58. The van der Waals surface area contributed by atoms with E-state index in [1.54, 1.807) is 0 Å². The fraction of sp³-hybridized carbons (Fsp3) is 0.611. The summed E-state index contributed by atoms with van der Waals surface area (Å²) in [5, 5.41) is 6.71. The fourth-order valence-electron chi connectivity index (χ4n) is 2.44. The third-order valence-corrected chi connectivity index (χ3v) is 3.42. The molecule has 1 rings (SSSR count). The van der Waals surface area contributed by atoms with Gasteiger partial charge in [-0.15, -0.1) is 24.0 Å². The van der Waals surface area contributed by atoms with Gasteiger partial charge in [-0.1, -0.05) is 29.3 Å². The molecule has 0 amide bonds. The lowest BCUT2D eigenvalue weighted by atomic mass is 10.1. The molecule has 0 radical (unpaired) electrons. The van der Waals surface area contributed by atoms with Crippen molar-refractivity contribution in [2.75, 3.05) is 33.4 Å². The molecule has 1 aromatic carbocycles. The molecule has 0 spiro atoms. The molecule has 0 aliphatic rings. The van der Waals surface area contributed by atoms with Gasteiger partial charge in [0.05, 0.1) is 0 Å². The smallest absolute Gasteiger partial charge is 0.190 e. The maximum Gasteiger partial charge on any atom is 0.190 e. The molecule has 4 nitrogen and oxygen atoms in total. The topological polar surface area (TPSA) is 45.6 Å². The van der Waals surface area contributed by atoms with Crippen LogP contribution in [0.5, 0.6) is 0 Å². The zero-order valence-electron chi connectivity index (χ0n) is 14.9. The first-order valence-electron chi connectivity index (χ1n) is 8.25. The number of rotatable bonds is 9. The molecule has 5 heteroatoms. The highest BCUT2D eigenvalue weighted by atomic mass is 127. The summed E-state index contributed by atoms with van der Waals surface area (Å²) in [5.41, 5.74) is 4.02. The van der Waals surface area contributed by atoms with Gasteiger partial charge in [0.25, 0.3) is 0 Å². The molecule has 1 aromatic rings. The molecule has 0 heterocycles. The lowest BCUT2D eigenvalue weighted by Crippen LogP contribution is -2.38. The molecule has 0 aromatic heterocycles. The maximum atomic E-state index is 5.33. The highest BCUT2D eigenvalue weighted by Gasteiger charge is 1.99. The van der Waals surface area contributed by atoms with E-state index < -0.39 is 0 Å². The molecule has 0 aliphatic carbocycles. The van der Waals surface area contributed by atoms with Gasteiger partial charge in [-0.05, 0) is 45.6 Å². The Balaban J connectivity index is 0.00000484. The van der Waals surface area contributed by atoms with Crippen LogP contribution in [0.2, 0.25) is 0 Å². The predicted octanol–water partition coefficient (Wildman–Crippen LogP) is 3.45. The van der Waals surface area contributed by atoms with Gasteiger partial charge in [-0.3, -0.25) is 4.99 Å². The molecular weight excluding hydrogens is 401 g/mol. The number of hydrogen-bond acceptors (Lipinski definition) is 2. The van der Waals surface area contributed by atoms with Crippen molar-refractivity contribution >= 4 is 29.9 Å². The Morgan fingerprint density at radius 2 is 1.70 bits per heavy atom. The average molecular weight is 433 g/mol. The lowest BCUT2D eigenvalue weighted by molar-refractivity contribution is 0.143. The minimum Gasteiger partial charge on any atom is -0.382 e. The molecule has 0 atom stereocenters. The van der Waals surface area contributed by atoms with Gasteiger partial charge < -0.3 is 15.4 Å². The van der Waals surface area contributed by atoms with E-state index in [0.29, 0.717) is 0 Å². The summed E-state index contributed by atoms with van der Waals surface area (Å²) in [5.74, 6) is 0.876. The summed E-state index contributed by atoms with van der Waals surface area (Å²) >= 11 is 0. The Kier molecular flexibility index (Phi) is 13.1. The lowest BCUT2D eigenvalue weighted by Gasteiger charge is -2.12. The number of nitrogens with zero attached hydrogens (tertiary/aromatic N) is 1. The Hall–Kier alpha value is -0.820. The highest BCUT2D eigenvalue weighted by molar-refractivity contribution is 14.0. The van der Waals surface area contributed by atoms with Crippen LogP contribution in [0.3, 0.4) is 0 Å². The third-order valence-electron chi connectivity index (χ3n) is 3.42. The standard InChI is InChI=1S/C18H31N3O.HI/c1-5-22-11-7-6-9-20-18(19-4)21-10-8-17-13-15(2)12-16(3)14-17;/h12-14H,5-11H2,1-4H3,(H2,19,20,21);1H. The molecular formula is C18H32IN3O. The Labute approximate surface area is 158 Å². The van der Waals surface area contributed by atoms with Gasteiger partial charge in [0.2, 0.25) is 0 Å². The van der Waals surface area contributed by atoms with Crippen LogP contribution in [0.1, 0.15) is 36.5 Å². The van der Waals surface area contributed by atoms with Gasteiger partial charge in [0.1, 0.15) is 0 Å². The van der Waals surface area contributed by atoms with Crippen molar-refractivity contribution in [3.63, 3.8) is 0 Å².